The molecule has 2 aromatic carbocycles. The van der Waals surface area contributed by atoms with E-state index in [2.05, 4.69) is 13.8 Å². The molecule has 0 aliphatic carbocycles. The van der Waals surface area contributed by atoms with Crippen LogP contribution in [0.15, 0.2) is 53.5 Å². The van der Waals surface area contributed by atoms with Crippen LogP contribution >= 0.6 is 11.6 Å². The highest BCUT2D eigenvalue weighted by Crippen LogP contribution is 2.30. The van der Waals surface area contributed by atoms with Crippen LogP contribution in [0.3, 0.4) is 0 Å². The number of carbonyl (C=O) groups excluding carboxylic acids is 1. The maximum Gasteiger partial charge on any atom is 0.168 e. The number of ketones is 1. The van der Waals surface area contributed by atoms with E-state index in [-0.39, 0.29) is 11.3 Å². The minimum atomic E-state index is -0.187. The lowest BCUT2D eigenvalue weighted by atomic mass is 9.85. The molecule has 0 atom stereocenters. The third-order valence-electron chi connectivity index (χ3n) is 3.87. The summed E-state index contributed by atoms with van der Waals surface area (Å²) in [6.45, 7) is 4.19. The van der Waals surface area contributed by atoms with E-state index < -0.39 is 0 Å². The monoisotopic (exact) mass is 311 g/mol. The molecule has 0 amide bonds. The number of fused-ring (bicyclic) bond motifs is 1. The summed E-state index contributed by atoms with van der Waals surface area (Å²) < 4.78 is 0. The zero-order valence-corrected chi connectivity index (χ0v) is 13.5. The van der Waals surface area contributed by atoms with Gasteiger partial charge < -0.3 is 0 Å². The quantitative estimate of drug-likeness (QED) is 0.753. The molecule has 0 saturated heterocycles. The predicted octanol–water partition coefficient (Wildman–Crippen LogP) is 4.74. The van der Waals surface area contributed by atoms with Gasteiger partial charge in [0.2, 0.25) is 0 Å². The Morgan fingerprint density at radius 1 is 1.18 bits per heavy atom. The highest BCUT2D eigenvalue weighted by Gasteiger charge is 2.27. The zero-order valence-electron chi connectivity index (χ0n) is 12.8. The van der Waals surface area contributed by atoms with Gasteiger partial charge in [0.1, 0.15) is 0 Å². The number of rotatable bonds is 3. The summed E-state index contributed by atoms with van der Waals surface area (Å²) in [5.41, 5.74) is 3.59. The Balaban J connectivity index is 1.96. The second-order valence-electron chi connectivity index (χ2n) is 6.32. The molecule has 0 spiro atoms. The van der Waals surface area contributed by atoms with E-state index in [1.54, 1.807) is 0 Å². The average Bonchev–Trinajstić information content (AvgIpc) is 2.48. The fourth-order valence-electron chi connectivity index (χ4n) is 2.92. The molecule has 0 aromatic heterocycles. The van der Waals surface area contributed by atoms with Gasteiger partial charge in [-0.15, -0.1) is 0 Å². The van der Waals surface area contributed by atoms with Crippen molar-refractivity contribution in [3.63, 3.8) is 0 Å². The molecule has 2 nitrogen and oxygen atoms in total. The summed E-state index contributed by atoms with van der Waals surface area (Å²) in [5, 5.41) is 0.679. The van der Waals surface area contributed by atoms with E-state index in [4.69, 9.17) is 16.6 Å². The topological polar surface area (TPSA) is 29.4 Å². The van der Waals surface area contributed by atoms with Gasteiger partial charge in [0, 0.05) is 16.1 Å². The molecule has 3 heteroatoms. The molecule has 3 rings (SSSR count). The van der Waals surface area contributed by atoms with Gasteiger partial charge in [-0.05, 0) is 38.0 Å². The number of hydrogen-bond acceptors (Lipinski definition) is 2. The average molecular weight is 312 g/mol. The largest absolute Gasteiger partial charge is 0.294 e. The molecule has 0 bridgehead atoms. The zero-order chi connectivity index (χ0) is 15.7. The first-order chi connectivity index (χ1) is 10.4. The fraction of sp³-hybridized carbons (Fsp3) is 0.263. The van der Waals surface area contributed by atoms with Crippen LogP contribution in [0.1, 0.15) is 41.8 Å². The van der Waals surface area contributed by atoms with Crippen molar-refractivity contribution < 1.29 is 4.79 Å². The Hall–Kier alpha value is -1.93. The van der Waals surface area contributed by atoms with Crippen LogP contribution < -0.4 is 0 Å². The Labute approximate surface area is 135 Å². The molecular formula is C19H18ClNO. The molecule has 0 N–H and O–H groups in total. The van der Waals surface area contributed by atoms with Crippen molar-refractivity contribution in [3.05, 3.63) is 70.2 Å². The van der Waals surface area contributed by atoms with Gasteiger partial charge in [0.15, 0.2) is 5.78 Å². The van der Waals surface area contributed by atoms with E-state index in [1.165, 1.54) is 5.56 Å². The summed E-state index contributed by atoms with van der Waals surface area (Å²) in [7, 11) is 0. The minimum Gasteiger partial charge on any atom is -0.294 e. The lowest BCUT2D eigenvalue weighted by molar-refractivity contribution is 0.100. The van der Waals surface area contributed by atoms with Crippen molar-refractivity contribution in [1.29, 1.82) is 0 Å². The Bertz CT molecular complexity index is 747. The Kier molecular flexibility index (Phi) is 3.88. The molecule has 0 fully saturated rings. The molecule has 0 radical (unpaired) electrons. The van der Waals surface area contributed by atoms with E-state index >= 15 is 0 Å². The minimum absolute atomic E-state index is 0.0861. The fourth-order valence-corrected chi connectivity index (χ4v) is 3.09. The number of aliphatic imine (C=N–C) groups is 1. The van der Waals surface area contributed by atoms with Crippen molar-refractivity contribution in [1.82, 2.24) is 0 Å². The highest BCUT2D eigenvalue weighted by atomic mass is 35.5. The molecule has 0 saturated carbocycles. The molecule has 2 aromatic rings. The van der Waals surface area contributed by atoms with E-state index in [9.17, 15) is 4.79 Å². The number of Topliss-reactive ketones (excluding diaryl/α,β-unsaturated/α-hetero) is 1. The summed E-state index contributed by atoms with van der Waals surface area (Å²) in [6.07, 6.45) is 1.17. The van der Waals surface area contributed by atoms with E-state index in [1.807, 2.05) is 48.5 Å². The van der Waals surface area contributed by atoms with Crippen LogP contribution in [0.2, 0.25) is 5.02 Å². The first kappa shape index (κ1) is 15.0. The number of hydrogen-bond donors (Lipinski definition) is 0. The molecule has 22 heavy (non-hydrogen) atoms. The van der Waals surface area contributed by atoms with Gasteiger partial charge in [-0.3, -0.25) is 9.79 Å². The standard InChI is InChI=1S/C19H18ClNO/c1-19(2)12-14-8-9-15(20)10-16(14)17(21-19)11-18(22)13-6-4-3-5-7-13/h3-10H,11-12H2,1-2H3. The van der Waals surface area contributed by atoms with Gasteiger partial charge in [-0.1, -0.05) is 48.0 Å². The van der Waals surface area contributed by atoms with Crippen molar-refractivity contribution in [2.24, 2.45) is 4.99 Å². The second-order valence-corrected chi connectivity index (χ2v) is 6.75. The van der Waals surface area contributed by atoms with E-state index in [0.29, 0.717) is 11.4 Å². The molecular weight excluding hydrogens is 294 g/mol. The molecule has 1 aliphatic rings. The third-order valence-corrected chi connectivity index (χ3v) is 4.10. The molecule has 112 valence electrons. The van der Waals surface area contributed by atoms with Gasteiger partial charge in [0.05, 0.1) is 17.7 Å². The first-order valence-corrected chi connectivity index (χ1v) is 7.78. The number of halogens is 1. The summed E-state index contributed by atoms with van der Waals surface area (Å²) in [4.78, 5) is 17.3. The van der Waals surface area contributed by atoms with Gasteiger partial charge in [-0.25, -0.2) is 0 Å². The number of benzene rings is 2. The summed E-state index contributed by atoms with van der Waals surface area (Å²) >= 11 is 6.13. The van der Waals surface area contributed by atoms with Crippen LogP contribution in [-0.2, 0) is 6.42 Å². The lowest BCUT2D eigenvalue weighted by Gasteiger charge is -2.29. The normalized spacial score (nSPS) is 15.9. The molecule has 0 unspecified atom stereocenters. The van der Waals surface area contributed by atoms with Crippen LogP contribution in [0.5, 0.6) is 0 Å². The summed E-state index contributed by atoms with van der Waals surface area (Å²) in [5.74, 6) is 0.0861. The predicted molar refractivity (Wildman–Crippen MR) is 91.2 cm³/mol. The third kappa shape index (κ3) is 3.12. The smallest absolute Gasteiger partial charge is 0.168 e. The van der Waals surface area contributed by atoms with Crippen LogP contribution in [0.4, 0.5) is 0 Å². The second kappa shape index (κ2) is 5.69. The number of carbonyl (C=O) groups is 1. The maximum atomic E-state index is 12.5. The van der Waals surface area contributed by atoms with E-state index in [0.717, 1.165) is 23.3 Å². The number of nitrogens with zero attached hydrogens (tertiary/aromatic N) is 1. The first-order valence-electron chi connectivity index (χ1n) is 7.40. The van der Waals surface area contributed by atoms with Gasteiger partial charge in [-0.2, -0.15) is 0 Å². The van der Waals surface area contributed by atoms with Crippen LogP contribution in [-0.4, -0.2) is 17.0 Å². The van der Waals surface area contributed by atoms with Crippen LogP contribution in [0, 0.1) is 0 Å². The van der Waals surface area contributed by atoms with Crippen molar-refractivity contribution in [2.75, 3.05) is 0 Å². The SMILES string of the molecule is CC1(C)Cc2ccc(Cl)cc2C(CC(=O)c2ccccc2)=N1. The summed E-state index contributed by atoms with van der Waals surface area (Å²) in [6, 6.07) is 15.2. The highest BCUT2D eigenvalue weighted by molar-refractivity contribution is 6.31. The van der Waals surface area contributed by atoms with Crippen molar-refractivity contribution in [2.45, 2.75) is 32.2 Å². The van der Waals surface area contributed by atoms with Crippen molar-refractivity contribution >= 4 is 23.1 Å². The van der Waals surface area contributed by atoms with Gasteiger partial charge in [0.25, 0.3) is 0 Å². The van der Waals surface area contributed by atoms with Crippen LogP contribution in [0.25, 0.3) is 0 Å². The lowest BCUT2D eigenvalue weighted by Crippen LogP contribution is -2.30. The molecule has 1 aliphatic heterocycles. The van der Waals surface area contributed by atoms with Gasteiger partial charge >= 0.3 is 0 Å². The Morgan fingerprint density at radius 3 is 2.64 bits per heavy atom. The van der Waals surface area contributed by atoms with Crippen molar-refractivity contribution in [3.8, 4) is 0 Å². The maximum absolute atomic E-state index is 12.5. The molecule has 1 heterocycles. The Morgan fingerprint density at radius 2 is 1.91 bits per heavy atom.